The number of carbonyl (C=O) groups is 1. The number of ether oxygens (including phenoxy) is 1. The smallest absolute Gasteiger partial charge is 0.319 e. The molecule has 0 heterocycles. The second-order valence-corrected chi connectivity index (χ2v) is 5.17. The Hall–Kier alpha value is -2.56. The minimum Gasteiger partial charge on any atom is -0.494 e. The fraction of sp³-hybridized carbons (Fsp3) is 0.278. The largest absolute Gasteiger partial charge is 0.494 e. The molecule has 0 saturated heterocycles. The molecule has 23 heavy (non-hydrogen) atoms. The van der Waals surface area contributed by atoms with Crippen molar-refractivity contribution in [2.45, 2.75) is 20.3 Å². The number of amides is 2. The molecule has 0 aromatic heterocycles. The van der Waals surface area contributed by atoms with Gasteiger partial charge in [0.15, 0.2) is 0 Å². The summed E-state index contributed by atoms with van der Waals surface area (Å²) >= 11 is 0. The van der Waals surface area contributed by atoms with Gasteiger partial charge in [0.1, 0.15) is 11.6 Å². The molecule has 2 aromatic carbocycles. The molecular weight excluding hydrogens is 295 g/mol. The minimum absolute atomic E-state index is 0.343. The van der Waals surface area contributed by atoms with E-state index in [1.165, 1.54) is 12.1 Å². The quantitative estimate of drug-likeness (QED) is 0.849. The van der Waals surface area contributed by atoms with Gasteiger partial charge in [0, 0.05) is 12.2 Å². The summed E-state index contributed by atoms with van der Waals surface area (Å²) < 4.78 is 18.6. The zero-order chi connectivity index (χ0) is 16.7. The molecule has 2 rings (SSSR count). The van der Waals surface area contributed by atoms with E-state index >= 15 is 0 Å². The summed E-state index contributed by atoms with van der Waals surface area (Å²) in [6, 6.07) is 11.7. The molecule has 122 valence electrons. The van der Waals surface area contributed by atoms with Crippen molar-refractivity contribution in [2.75, 3.05) is 18.5 Å². The monoisotopic (exact) mass is 316 g/mol. The van der Waals surface area contributed by atoms with E-state index in [1.807, 2.05) is 38.1 Å². The maximum absolute atomic E-state index is 13.2. The number of nitrogens with one attached hydrogen (secondary N) is 2. The molecule has 0 bridgehead atoms. The van der Waals surface area contributed by atoms with E-state index in [2.05, 4.69) is 10.6 Å². The standard InChI is InChI=1S/C18H21FN2O2/c1-3-23-16-8-5-14(6-9-16)10-11-20-18(22)21-17-12-15(19)7-4-13(17)2/h4-9,12H,3,10-11H2,1-2H3,(H2,20,21,22). The topological polar surface area (TPSA) is 50.4 Å². The highest BCUT2D eigenvalue weighted by molar-refractivity contribution is 5.90. The zero-order valence-electron chi connectivity index (χ0n) is 13.4. The molecule has 0 aliphatic carbocycles. The van der Waals surface area contributed by atoms with Crippen LogP contribution in [0.1, 0.15) is 18.1 Å². The Balaban J connectivity index is 1.79. The van der Waals surface area contributed by atoms with Crippen molar-refractivity contribution in [3.8, 4) is 5.75 Å². The third kappa shape index (κ3) is 5.29. The number of aryl methyl sites for hydroxylation is 1. The van der Waals surface area contributed by atoms with Crippen molar-refractivity contribution in [1.29, 1.82) is 0 Å². The summed E-state index contributed by atoms with van der Waals surface area (Å²) in [5, 5.41) is 5.42. The van der Waals surface area contributed by atoms with E-state index in [-0.39, 0.29) is 11.8 Å². The predicted octanol–water partition coefficient (Wildman–Crippen LogP) is 3.90. The predicted molar refractivity (Wildman–Crippen MR) is 89.5 cm³/mol. The summed E-state index contributed by atoms with van der Waals surface area (Å²) in [5.41, 5.74) is 2.40. The van der Waals surface area contributed by atoms with Crippen molar-refractivity contribution in [2.24, 2.45) is 0 Å². The number of rotatable bonds is 6. The van der Waals surface area contributed by atoms with Crippen LogP contribution in [-0.2, 0) is 6.42 Å². The van der Waals surface area contributed by atoms with Gasteiger partial charge in [-0.2, -0.15) is 0 Å². The Morgan fingerprint density at radius 2 is 1.91 bits per heavy atom. The summed E-state index contributed by atoms with van der Waals surface area (Å²) in [6.45, 7) is 4.89. The molecular formula is C18H21FN2O2. The SMILES string of the molecule is CCOc1ccc(CCNC(=O)Nc2cc(F)ccc2C)cc1. The number of urea groups is 1. The molecule has 0 spiro atoms. The van der Waals surface area contributed by atoms with Crippen molar-refractivity contribution in [1.82, 2.24) is 5.32 Å². The number of hydrogen-bond acceptors (Lipinski definition) is 2. The highest BCUT2D eigenvalue weighted by Gasteiger charge is 2.05. The van der Waals surface area contributed by atoms with Gasteiger partial charge in [-0.1, -0.05) is 18.2 Å². The van der Waals surface area contributed by atoms with Crippen molar-refractivity contribution >= 4 is 11.7 Å². The maximum atomic E-state index is 13.2. The van der Waals surface area contributed by atoms with Crippen LogP contribution in [0.15, 0.2) is 42.5 Å². The van der Waals surface area contributed by atoms with Crippen LogP contribution >= 0.6 is 0 Å². The van der Waals surface area contributed by atoms with Crippen LogP contribution in [0.3, 0.4) is 0 Å². The van der Waals surface area contributed by atoms with Crippen LogP contribution < -0.4 is 15.4 Å². The molecule has 0 unspecified atom stereocenters. The Morgan fingerprint density at radius 3 is 2.61 bits per heavy atom. The van der Waals surface area contributed by atoms with E-state index in [0.29, 0.717) is 25.3 Å². The Bertz CT molecular complexity index is 657. The number of benzene rings is 2. The Kier molecular flexibility index (Phi) is 5.97. The summed E-state index contributed by atoms with van der Waals surface area (Å²) in [7, 11) is 0. The number of carbonyl (C=O) groups excluding carboxylic acids is 1. The molecule has 0 atom stereocenters. The molecule has 0 aliphatic rings. The molecule has 0 radical (unpaired) electrons. The van der Waals surface area contributed by atoms with Gasteiger partial charge in [-0.3, -0.25) is 0 Å². The number of anilines is 1. The van der Waals surface area contributed by atoms with Crippen LogP contribution in [0, 0.1) is 12.7 Å². The lowest BCUT2D eigenvalue weighted by molar-refractivity contribution is 0.252. The molecule has 0 aliphatic heterocycles. The third-order valence-corrected chi connectivity index (χ3v) is 3.38. The van der Waals surface area contributed by atoms with Crippen molar-refractivity contribution in [3.63, 3.8) is 0 Å². The van der Waals surface area contributed by atoms with E-state index in [1.54, 1.807) is 6.07 Å². The third-order valence-electron chi connectivity index (χ3n) is 3.38. The molecule has 5 heteroatoms. The normalized spacial score (nSPS) is 10.2. The Labute approximate surface area is 135 Å². The van der Waals surface area contributed by atoms with Crippen LogP contribution in [0.2, 0.25) is 0 Å². The van der Waals surface area contributed by atoms with E-state index in [4.69, 9.17) is 4.74 Å². The van der Waals surface area contributed by atoms with Crippen LogP contribution in [-0.4, -0.2) is 19.2 Å². The molecule has 2 amide bonds. The minimum atomic E-state index is -0.375. The molecule has 0 fully saturated rings. The van der Waals surface area contributed by atoms with E-state index in [9.17, 15) is 9.18 Å². The van der Waals surface area contributed by atoms with Gasteiger partial charge in [0.2, 0.25) is 0 Å². The summed E-state index contributed by atoms with van der Waals surface area (Å²) in [4.78, 5) is 11.8. The number of halogens is 1. The molecule has 2 aromatic rings. The average molecular weight is 316 g/mol. The van der Waals surface area contributed by atoms with Gasteiger partial charge >= 0.3 is 6.03 Å². The molecule has 0 saturated carbocycles. The van der Waals surface area contributed by atoms with Crippen LogP contribution in [0.25, 0.3) is 0 Å². The fourth-order valence-electron chi connectivity index (χ4n) is 2.13. The first-order valence-electron chi connectivity index (χ1n) is 7.61. The highest BCUT2D eigenvalue weighted by Crippen LogP contribution is 2.15. The van der Waals surface area contributed by atoms with Gasteiger partial charge in [0.25, 0.3) is 0 Å². The van der Waals surface area contributed by atoms with Gasteiger partial charge in [-0.05, 0) is 55.7 Å². The highest BCUT2D eigenvalue weighted by atomic mass is 19.1. The van der Waals surface area contributed by atoms with Crippen molar-refractivity contribution < 1.29 is 13.9 Å². The first-order chi connectivity index (χ1) is 11.1. The summed E-state index contributed by atoms with van der Waals surface area (Å²) in [5.74, 6) is 0.462. The second kappa shape index (κ2) is 8.17. The zero-order valence-corrected chi connectivity index (χ0v) is 13.4. The van der Waals surface area contributed by atoms with E-state index in [0.717, 1.165) is 16.9 Å². The Morgan fingerprint density at radius 1 is 1.17 bits per heavy atom. The average Bonchev–Trinajstić information content (AvgIpc) is 2.53. The molecule has 2 N–H and O–H groups in total. The lowest BCUT2D eigenvalue weighted by Gasteiger charge is -2.10. The first-order valence-corrected chi connectivity index (χ1v) is 7.61. The van der Waals surface area contributed by atoms with Crippen molar-refractivity contribution in [3.05, 3.63) is 59.4 Å². The fourth-order valence-corrected chi connectivity index (χ4v) is 2.13. The van der Waals surface area contributed by atoms with Gasteiger partial charge in [0.05, 0.1) is 6.61 Å². The first kappa shape index (κ1) is 16.8. The lowest BCUT2D eigenvalue weighted by Crippen LogP contribution is -2.30. The van der Waals surface area contributed by atoms with Gasteiger partial charge in [-0.15, -0.1) is 0 Å². The lowest BCUT2D eigenvalue weighted by atomic mass is 10.1. The maximum Gasteiger partial charge on any atom is 0.319 e. The van der Waals surface area contributed by atoms with Gasteiger partial charge < -0.3 is 15.4 Å². The van der Waals surface area contributed by atoms with Crippen LogP contribution in [0.5, 0.6) is 5.75 Å². The van der Waals surface area contributed by atoms with Gasteiger partial charge in [-0.25, -0.2) is 9.18 Å². The second-order valence-electron chi connectivity index (χ2n) is 5.17. The van der Waals surface area contributed by atoms with E-state index < -0.39 is 0 Å². The summed E-state index contributed by atoms with van der Waals surface area (Å²) in [6.07, 6.45) is 0.710. The van der Waals surface area contributed by atoms with Crippen LogP contribution in [0.4, 0.5) is 14.9 Å². The molecule has 4 nitrogen and oxygen atoms in total. The number of hydrogen-bond donors (Lipinski definition) is 2.